The number of ether oxygens (including phenoxy) is 1. The van der Waals surface area contributed by atoms with Crippen LogP contribution >= 0.6 is 24.0 Å². The number of carbonyl (C=O) groups is 1. The van der Waals surface area contributed by atoms with E-state index < -0.39 is 0 Å². The third-order valence-electron chi connectivity index (χ3n) is 3.80. The highest BCUT2D eigenvalue weighted by atomic mass is 32.2. The summed E-state index contributed by atoms with van der Waals surface area (Å²) in [6.45, 7) is 0. The summed E-state index contributed by atoms with van der Waals surface area (Å²) in [5, 5.41) is 3.39. The third-order valence-corrected chi connectivity index (χ3v) is 4.96. The van der Waals surface area contributed by atoms with Gasteiger partial charge in [-0.05, 0) is 18.2 Å². The van der Waals surface area contributed by atoms with Crippen molar-refractivity contribution >= 4 is 51.3 Å². The minimum absolute atomic E-state index is 0.222. The molecule has 0 saturated carbocycles. The number of carbonyl (C=O) groups excluding carboxylic acids is 1. The molecule has 7 heteroatoms. The topological polar surface area (TPSA) is 64.4 Å². The molecule has 3 aromatic rings. The number of benzene rings is 1. The highest BCUT2D eigenvalue weighted by Gasteiger charge is 2.22. The van der Waals surface area contributed by atoms with E-state index in [1.54, 1.807) is 25.6 Å². The lowest BCUT2D eigenvalue weighted by Crippen LogP contribution is -2.17. The number of methoxy groups -OCH3 is 1. The standard InChI is InChI=1S/C20H12N2O3S2/c1-24-16-5-3-2-4-12(16)6-7-13-10-21-11-14-8-15(25-18(13)14)9-17-19(23)22-20(26)27-17/h2-5,8-11H,1H3,(H,22,23,26). The van der Waals surface area contributed by atoms with Crippen LogP contribution < -0.4 is 10.1 Å². The second-order valence-electron chi connectivity index (χ2n) is 5.56. The van der Waals surface area contributed by atoms with Crippen molar-refractivity contribution in [3.05, 3.63) is 64.5 Å². The molecule has 1 aromatic carbocycles. The highest BCUT2D eigenvalue weighted by molar-refractivity contribution is 8.26. The molecule has 27 heavy (non-hydrogen) atoms. The molecule has 1 fully saturated rings. The van der Waals surface area contributed by atoms with Gasteiger partial charge in [0, 0.05) is 23.9 Å². The lowest BCUT2D eigenvalue weighted by Gasteiger charge is -2.00. The predicted octanol–water partition coefficient (Wildman–Crippen LogP) is 3.73. The van der Waals surface area contributed by atoms with Crippen LogP contribution in [0.4, 0.5) is 0 Å². The van der Waals surface area contributed by atoms with Crippen molar-refractivity contribution in [2.24, 2.45) is 0 Å². The van der Waals surface area contributed by atoms with E-state index in [-0.39, 0.29) is 5.91 Å². The molecule has 2 aromatic heterocycles. The quantitative estimate of drug-likeness (QED) is 0.407. The number of thiocarbonyl (C=S) groups is 1. The average molecular weight is 392 g/mol. The molecule has 132 valence electrons. The number of aromatic nitrogens is 1. The molecule has 4 rings (SSSR count). The lowest BCUT2D eigenvalue weighted by molar-refractivity contribution is -0.115. The van der Waals surface area contributed by atoms with Crippen LogP contribution in [0.3, 0.4) is 0 Å². The van der Waals surface area contributed by atoms with E-state index in [1.165, 1.54) is 11.8 Å². The lowest BCUT2D eigenvalue weighted by atomic mass is 10.1. The van der Waals surface area contributed by atoms with Gasteiger partial charge in [-0.25, -0.2) is 0 Å². The van der Waals surface area contributed by atoms with Gasteiger partial charge in [0.2, 0.25) is 0 Å². The second kappa shape index (κ2) is 7.27. The zero-order chi connectivity index (χ0) is 18.8. The maximum atomic E-state index is 11.8. The molecule has 1 aliphatic rings. The van der Waals surface area contributed by atoms with Gasteiger partial charge in [0.1, 0.15) is 15.8 Å². The first-order valence-corrected chi connectivity index (χ1v) is 9.14. The molecule has 0 aliphatic carbocycles. The number of amides is 1. The minimum atomic E-state index is -0.222. The van der Waals surface area contributed by atoms with Crippen LogP contribution in [0.1, 0.15) is 16.9 Å². The fourth-order valence-electron chi connectivity index (χ4n) is 2.58. The molecule has 1 N–H and O–H groups in total. The number of hydrogen-bond donors (Lipinski definition) is 1. The summed E-state index contributed by atoms with van der Waals surface area (Å²) in [5.74, 6) is 7.21. The van der Waals surface area contributed by atoms with E-state index in [2.05, 4.69) is 22.1 Å². The number of thioether (sulfide) groups is 1. The molecule has 0 radical (unpaired) electrons. The highest BCUT2D eigenvalue weighted by Crippen LogP contribution is 2.29. The summed E-state index contributed by atoms with van der Waals surface area (Å²) in [5.41, 5.74) is 2.05. The Kier molecular flexibility index (Phi) is 4.67. The Balaban J connectivity index is 1.73. The van der Waals surface area contributed by atoms with E-state index in [0.29, 0.717) is 31.9 Å². The van der Waals surface area contributed by atoms with Crippen molar-refractivity contribution < 1.29 is 13.9 Å². The number of furan rings is 1. The first-order valence-electron chi connectivity index (χ1n) is 7.91. The van der Waals surface area contributed by atoms with Crippen molar-refractivity contribution in [3.63, 3.8) is 0 Å². The summed E-state index contributed by atoms with van der Waals surface area (Å²) in [6.07, 6.45) is 5.01. The molecule has 0 spiro atoms. The van der Waals surface area contributed by atoms with Crippen molar-refractivity contribution in [2.75, 3.05) is 7.11 Å². The minimum Gasteiger partial charge on any atom is -0.495 e. The molecule has 1 saturated heterocycles. The van der Waals surface area contributed by atoms with Crippen LogP contribution in [-0.4, -0.2) is 22.3 Å². The van der Waals surface area contributed by atoms with Gasteiger partial charge in [0.25, 0.3) is 5.91 Å². The number of fused-ring (bicyclic) bond motifs is 1. The van der Waals surface area contributed by atoms with Crippen LogP contribution in [-0.2, 0) is 4.79 Å². The van der Waals surface area contributed by atoms with Crippen LogP contribution in [0.2, 0.25) is 0 Å². The van der Waals surface area contributed by atoms with Gasteiger partial charge in [-0.2, -0.15) is 0 Å². The Bertz CT molecular complexity index is 1170. The van der Waals surface area contributed by atoms with Gasteiger partial charge in [-0.3, -0.25) is 9.78 Å². The summed E-state index contributed by atoms with van der Waals surface area (Å²) in [6, 6.07) is 9.35. The molecule has 1 aliphatic heterocycles. The number of nitrogens with one attached hydrogen (secondary N) is 1. The molecular formula is C20H12N2O3S2. The summed E-state index contributed by atoms with van der Waals surface area (Å²) >= 11 is 6.21. The molecule has 0 bridgehead atoms. The largest absolute Gasteiger partial charge is 0.495 e. The van der Waals surface area contributed by atoms with Crippen molar-refractivity contribution in [2.45, 2.75) is 0 Å². The van der Waals surface area contributed by atoms with Crippen LogP contribution in [0.15, 0.2) is 52.0 Å². The van der Waals surface area contributed by atoms with Gasteiger partial charge in [-0.15, -0.1) is 0 Å². The van der Waals surface area contributed by atoms with E-state index in [1.807, 2.05) is 30.3 Å². The predicted molar refractivity (Wildman–Crippen MR) is 109 cm³/mol. The Morgan fingerprint density at radius 1 is 1.26 bits per heavy atom. The molecule has 0 unspecified atom stereocenters. The van der Waals surface area contributed by atoms with Crippen molar-refractivity contribution in [1.82, 2.24) is 10.3 Å². The SMILES string of the molecule is COc1ccccc1C#Cc1cncc2cc(C=C3SC(=S)NC3=O)oc12. The van der Waals surface area contributed by atoms with Crippen LogP contribution in [0.5, 0.6) is 5.75 Å². The number of nitrogens with zero attached hydrogens (tertiary/aromatic N) is 1. The molecule has 3 heterocycles. The van der Waals surface area contributed by atoms with Gasteiger partial charge in [0.15, 0.2) is 5.58 Å². The van der Waals surface area contributed by atoms with Gasteiger partial charge in [-0.1, -0.05) is 48.0 Å². The third kappa shape index (κ3) is 3.58. The Labute approximate surface area is 164 Å². The molecule has 5 nitrogen and oxygen atoms in total. The summed E-state index contributed by atoms with van der Waals surface area (Å²) in [7, 11) is 1.61. The van der Waals surface area contributed by atoms with Crippen molar-refractivity contribution in [3.8, 4) is 17.6 Å². The van der Waals surface area contributed by atoms with Gasteiger partial charge in [0.05, 0.1) is 23.1 Å². The maximum Gasteiger partial charge on any atom is 0.263 e. The average Bonchev–Trinajstić information content (AvgIpc) is 3.22. The molecular weight excluding hydrogens is 380 g/mol. The number of rotatable bonds is 2. The summed E-state index contributed by atoms with van der Waals surface area (Å²) < 4.78 is 11.7. The first kappa shape index (κ1) is 17.3. The summed E-state index contributed by atoms with van der Waals surface area (Å²) in [4.78, 5) is 16.5. The monoisotopic (exact) mass is 392 g/mol. The van der Waals surface area contributed by atoms with Gasteiger partial charge >= 0.3 is 0 Å². The fraction of sp³-hybridized carbons (Fsp3) is 0.0500. The molecule has 1 amide bonds. The van der Waals surface area contributed by atoms with Gasteiger partial charge < -0.3 is 14.5 Å². The molecule has 0 atom stereocenters. The smallest absolute Gasteiger partial charge is 0.263 e. The van der Waals surface area contributed by atoms with Crippen LogP contribution in [0.25, 0.3) is 17.0 Å². The first-order chi connectivity index (χ1) is 13.1. The number of para-hydroxylation sites is 1. The van der Waals surface area contributed by atoms with E-state index in [0.717, 1.165) is 10.9 Å². The van der Waals surface area contributed by atoms with E-state index in [4.69, 9.17) is 21.4 Å². The van der Waals surface area contributed by atoms with E-state index in [9.17, 15) is 4.79 Å². The number of pyridine rings is 1. The second-order valence-corrected chi connectivity index (χ2v) is 7.28. The van der Waals surface area contributed by atoms with Crippen LogP contribution in [0, 0.1) is 11.8 Å². The van der Waals surface area contributed by atoms with Crippen molar-refractivity contribution in [1.29, 1.82) is 0 Å². The fourth-order valence-corrected chi connectivity index (χ4v) is 3.60. The van der Waals surface area contributed by atoms with E-state index >= 15 is 0 Å². The normalized spacial score (nSPS) is 14.9. The Morgan fingerprint density at radius 3 is 2.85 bits per heavy atom. The maximum absolute atomic E-state index is 11.8. The number of hydrogen-bond acceptors (Lipinski definition) is 6. The zero-order valence-corrected chi connectivity index (χ0v) is 15.7. The Hall–Kier alpha value is -3.08. The zero-order valence-electron chi connectivity index (χ0n) is 14.1. The Morgan fingerprint density at radius 2 is 2.07 bits per heavy atom.